The molecule has 0 bridgehead atoms. The average molecular weight is 253 g/mol. The second-order valence-corrected chi connectivity index (χ2v) is 4.72. The van der Waals surface area contributed by atoms with E-state index in [1.807, 2.05) is 23.7 Å². The van der Waals surface area contributed by atoms with E-state index in [0.29, 0.717) is 0 Å². The molecule has 3 heteroatoms. The van der Waals surface area contributed by atoms with E-state index in [9.17, 15) is 0 Å². The predicted octanol–water partition coefficient (Wildman–Crippen LogP) is 2.54. The monoisotopic (exact) mass is 253 g/mol. The highest BCUT2D eigenvalue weighted by atomic mass is 15.0. The van der Waals surface area contributed by atoms with Gasteiger partial charge in [0, 0.05) is 19.3 Å². The Morgan fingerprint density at radius 1 is 1.26 bits per heavy atom. The van der Waals surface area contributed by atoms with Crippen LogP contribution in [0, 0.1) is 18.3 Å². The predicted molar refractivity (Wildman–Crippen MR) is 76.7 cm³/mol. The van der Waals surface area contributed by atoms with Gasteiger partial charge in [-0.3, -0.25) is 0 Å². The molecule has 0 spiro atoms. The summed E-state index contributed by atoms with van der Waals surface area (Å²) in [6.07, 6.45) is 1.03. The molecule has 0 aliphatic rings. The Bertz CT molecular complexity index is 576. The summed E-state index contributed by atoms with van der Waals surface area (Å²) in [4.78, 5) is 0. The summed E-state index contributed by atoms with van der Waals surface area (Å²) in [6, 6.07) is 14.6. The van der Waals surface area contributed by atoms with Crippen LogP contribution in [0.1, 0.15) is 22.5 Å². The van der Waals surface area contributed by atoms with Crippen LogP contribution in [0.5, 0.6) is 0 Å². The van der Waals surface area contributed by atoms with Crippen molar-refractivity contribution in [2.24, 2.45) is 7.05 Å². The van der Waals surface area contributed by atoms with Crippen molar-refractivity contribution in [1.82, 2.24) is 9.88 Å². The molecule has 0 atom stereocenters. The lowest BCUT2D eigenvalue weighted by molar-refractivity contribution is 0.681. The molecule has 0 unspecified atom stereocenters. The van der Waals surface area contributed by atoms with Gasteiger partial charge in [-0.2, -0.15) is 5.26 Å². The standard InChI is InChI=1S/C16H19N3/c1-13-15(10-16(11-17)19(13)2)12-18-9-8-14-6-4-3-5-7-14/h3-7,10,18H,8-9,12H2,1-2H3. The summed E-state index contributed by atoms with van der Waals surface area (Å²) < 4.78 is 1.94. The Labute approximate surface area is 114 Å². The van der Waals surface area contributed by atoms with Crippen molar-refractivity contribution in [2.75, 3.05) is 6.54 Å². The minimum atomic E-state index is 0.720. The van der Waals surface area contributed by atoms with Gasteiger partial charge in [0.2, 0.25) is 0 Å². The fourth-order valence-electron chi connectivity index (χ4n) is 2.15. The van der Waals surface area contributed by atoms with Crippen LogP contribution in [0.25, 0.3) is 0 Å². The first-order valence-electron chi connectivity index (χ1n) is 6.52. The van der Waals surface area contributed by atoms with E-state index in [1.165, 1.54) is 11.1 Å². The average Bonchev–Trinajstić information content (AvgIpc) is 2.72. The number of benzene rings is 1. The Kier molecular flexibility index (Phi) is 4.38. The van der Waals surface area contributed by atoms with Crippen molar-refractivity contribution >= 4 is 0 Å². The molecule has 0 amide bonds. The number of hydrogen-bond donors (Lipinski definition) is 1. The molecule has 0 aliphatic carbocycles. The van der Waals surface area contributed by atoms with E-state index in [2.05, 4.69) is 42.6 Å². The van der Waals surface area contributed by atoms with E-state index in [-0.39, 0.29) is 0 Å². The van der Waals surface area contributed by atoms with E-state index in [4.69, 9.17) is 5.26 Å². The van der Waals surface area contributed by atoms with Crippen LogP contribution in [0.3, 0.4) is 0 Å². The molecular formula is C16H19N3. The summed E-state index contributed by atoms with van der Waals surface area (Å²) in [6.45, 7) is 3.81. The van der Waals surface area contributed by atoms with Crippen LogP contribution < -0.4 is 5.32 Å². The first-order chi connectivity index (χ1) is 9.22. The second-order valence-electron chi connectivity index (χ2n) is 4.72. The third-order valence-electron chi connectivity index (χ3n) is 3.50. The van der Waals surface area contributed by atoms with Crippen LogP contribution in [0.4, 0.5) is 0 Å². The second kappa shape index (κ2) is 6.21. The van der Waals surface area contributed by atoms with Gasteiger partial charge in [-0.1, -0.05) is 30.3 Å². The van der Waals surface area contributed by atoms with Crippen molar-refractivity contribution < 1.29 is 0 Å². The molecule has 0 fully saturated rings. The van der Waals surface area contributed by atoms with E-state index in [1.54, 1.807) is 0 Å². The van der Waals surface area contributed by atoms with Crippen LogP contribution in [0.2, 0.25) is 0 Å². The molecule has 1 heterocycles. The summed E-state index contributed by atoms with van der Waals surface area (Å²) in [7, 11) is 1.93. The molecular weight excluding hydrogens is 234 g/mol. The van der Waals surface area contributed by atoms with Gasteiger partial charge in [-0.15, -0.1) is 0 Å². The fourth-order valence-corrected chi connectivity index (χ4v) is 2.15. The maximum atomic E-state index is 8.99. The number of nitrogens with zero attached hydrogens (tertiary/aromatic N) is 2. The lowest BCUT2D eigenvalue weighted by atomic mass is 10.1. The highest BCUT2D eigenvalue weighted by molar-refractivity contribution is 5.34. The van der Waals surface area contributed by atoms with Gasteiger partial charge in [0.25, 0.3) is 0 Å². The quantitative estimate of drug-likeness (QED) is 0.832. The zero-order valence-electron chi connectivity index (χ0n) is 11.5. The number of nitrogens with one attached hydrogen (secondary N) is 1. The Balaban J connectivity index is 1.85. The molecule has 19 heavy (non-hydrogen) atoms. The van der Waals surface area contributed by atoms with Crippen LogP contribution in [-0.2, 0) is 20.0 Å². The highest BCUT2D eigenvalue weighted by Crippen LogP contribution is 2.12. The molecule has 0 saturated carbocycles. The van der Waals surface area contributed by atoms with Crippen molar-refractivity contribution in [2.45, 2.75) is 19.9 Å². The van der Waals surface area contributed by atoms with Gasteiger partial charge in [0.05, 0.1) is 0 Å². The van der Waals surface area contributed by atoms with Crippen LogP contribution in [-0.4, -0.2) is 11.1 Å². The van der Waals surface area contributed by atoms with Crippen molar-refractivity contribution in [3.63, 3.8) is 0 Å². The first kappa shape index (κ1) is 13.4. The highest BCUT2D eigenvalue weighted by Gasteiger charge is 2.07. The van der Waals surface area contributed by atoms with Gasteiger partial charge in [0.1, 0.15) is 11.8 Å². The van der Waals surface area contributed by atoms with E-state index in [0.717, 1.165) is 30.9 Å². The molecule has 98 valence electrons. The molecule has 2 rings (SSSR count). The van der Waals surface area contributed by atoms with Gasteiger partial charge in [-0.25, -0.2) is 0 Å². The summed E-state index contributed by atoms with van der Waals surface area (Å²) >= 11 is 0. The van der Waals surface area contributed by atoms with Gasteiger partial charge >= 0.3 is 0 Å². The Morgan fingerprint density at radius 3 is 2.63 bits per heavy atom. The minimum absolute atomic E-state index is 0.720. The normalized spacial score (nSPS) is 10.4. The first-order valence-corrected chi connectivity index (χ1v) is 6.52. The minimum Gasteiger partial charge on any atom is -0.340 e. The molecule has 1 aromatic carbocycles. The summed E-state index contributed by atoms with van der Waals surface area (Å²) in [5.74, 6) is 0. The maximum absolute atomic E-state index is 8.99. The maximum Gasteiger partial charge on any atom is 0.120 e. The van der Waals surface area contributed by atoms with Crippen LogP contribution >= 0.6 is 0 Å². The smallest absolute Gasteiger partial charge is 0.120 e. The van der Waals surface area contributed by atoms with E-state index < -0.39 is 0 Å². The third-order valence-corrected chi connectivity index (χ3v) is 3.50. The number of aromatic nitrogens is 1. The van der Waals surface area contributed by atoms with Crippen LogP contribution in [0.15, 0.2) is 36.4 Å². The number of nitriles is 1. The zero-order chi connectivity index (χ0) is 13.7. The molecule has 1 aromatic heterocycles. The lowest BCUT2D eigenvalue weighted by Gasteiger charge is -2.05. The molecule has 2 aromatic rings. The SMILES string of the molecule is Cc1c(CNCCc2ccccc2)cc(C#N)n1C. The van der Waals surface area contributed by atoms with Gasteiger partial charge in [0.15, 0.2) is 0 Å². The Morgan fingerprint density at radius 2 is 2.00 bits per heavy atom. The van der Waals surface area contributed by atoms with Gasteiger partial charge in [-0.05, 0) is 37.1 Å². The fraction of sp³-hybridized carbons (Fsp3) is 0.312. The zero-order valence-corrected chi connectivity index (χ0v) is 11.5. The Hall–Kier alpha value is -2.05. The lowest BCUT2D eigenvalue weighted by Crippen LogP contribution is -2.17. The number of hydrogen-bond acceptors (Lipinski definition) is 2. The molecule has 3 nitrogen and oxygen atoms in total. The molecule has 0 radical (unpaired) electrons. The van der Waals surface area contributed by atoms with Crippen molar-refractivity contribution in [1.29, 1.82) is 5.26 Å². The van der Waals surface area contributed by atoms with Crippen molar-refractivity contribution in [3.8, 4) is 6.07 Å². The topological polar surface area (TPSA) is 40.8 Å². The van der Waals surface area contributed by atoms with Crippen molar-refractivity contribution in [3.05, 3.63) is 58.9 Å². The van der Waals surface area contributed by atoms with Gasteiger partial charge < -0.3 is 9.88 Å². The number of rotatable bonds is 5. The third kappa shape index (κ3) is 3.24. The molecule has 0 aliphatic heterocycles. The summed E-state index contributed by atoms with van der Waals surface area (Å²) in [5, 5.41) is 12.4. The van der Waals surface area contributed by atoms with E-state index >= 15 is 0 Å². The largest absolute Gasteiger partial charge is 0.340 e. The summed E-state index contributed by atoms with van der Waals surface area (Å²) in [5.41, 5.74) is 4.42. The molecule has 0 saturated heterocycles. The molecule has 1 N–H and O–H groups in total.